The normalized spacial score (nSPS) is 23.1. The van der Waals surface area contributed by atoms with Gasteiger partial charge in [-0.2, -0.15) is 11.8 Å². The van der Waals surface area contributed by atoms with Gasteiger partial charge >= 0.3 is 0 Å². The highest BCUT2D eigenvalue weighted by Crippen LogP contribution is 2.36. The number of rotatable bonds is 3. The van der Waals surface area contributed by atoms with E-state index < -0.39 is 0 Å². The van der Waals surface area contributed by atoms with Crippen LogP contribution in [-0.2, 0) is 0 Å². The number of hydrogen-bond donors (Lipinski definition) is 1. The minimum absolute atomic E-state index is 0.0730. The van der Waals surface area contributed by atoms with Crippen LogP contribution in [0.1, 0.15) is 35.8 Å². The maximum atomic E-state index is 12.0. The summed E-state index contributed by atoms with van der Waals surface area (Å²) in [6.45, 7) is 4.74. The van der Waals surface area contributed by atoms with Crippen molar-refractivity contribution in [3.8, 4) is 0 Å². The number of pyridine rings is 1. The summed E-state index contributed by atoms with van der Waals surface area (Å²) < 4.78 is 0.182. The number of aromatic nitrogens is 1. The number of halogens is 1. The van der Waals surface area contributed by atoms with Gasteiger partial charge in [-0.05, 0) is 44.6 Å². The fraction of sp³-hybridized carbons (Fsp3) is 0.538. The van der Waals surface area contributed by atoms with Crippen LogP contribution in [0.5, 0.6) is 0 Å². The second-order valence-electron chi connectivity index (χ2n) is 4.90. The average Bonchev–Trinajstić information content (AvgIpc) is 2.72. The molecule has 1 amide bonds. The van der Waals surface area contributed by atoms with Gasteiger partial charge in [-0.15, -0.1) is 0 Å². The Kier molecular flexibility index (Phi) is 4.17. The van der Waals surface area contributed by atoms with Gasteiger partial charge in [-0.1, -0.05) is 11.6 Å². The lowest BCUT2D eigenvalue weighted by Gasteiger charge is -2.22. The summed E-state index contributed by atoms with van der Waals surface area (Å²) in [5.74, 6) is 1.11. The van der Waals surface area contributed by atoms with Gasteiger partial charge in [-0.25, -0.2) is 4.98 Å². The third kappa shape index (κ3) is 3.39. The molecule has 1 N–H and O–H groups in total. The molecule has 1 aromatic rings. The molecule has 1 atom stereocenters. The number of nitrogens with zero attached hydrogens (tertiary/aromatic N) is 1. The molecule has 1 aliphatic rings. The van der Waals surface area contributed by atoms with E-state index in [1.165, 1.54) is 12.2 Å². The molecule has 18 heavy (non-hydrogen) atoms. The van der Waals surface area contributed by atoms with Gasteiger partial charge in [0.1, 0.15) is 5.15 Å². The number of amides is 1. The first kappa shape index (κ1) is 13.7. The predicted molar refractivity (Wildman–Crippen MR) is 76.4 cm³/mol. The molecule has 0 saturated carbocycles. The van der Waals surface area contributed by atoms with E-state index in [1.54, 1.807) is 12.1 Å². The second-order valence-corrected chi connectivity index (χ2v) is 6.97. The maximum Gasteiger partial charge on any atom is 0.251 e. The van der Waals surface area contributed by atoms with Crippen LogP contribution < -0.4 is 5.32 Å². The van der Waals surface area contributed by atoms with E-state index >= 15 is 0 Å². The molecular formula is C13H17ClN2OS. The fourth-order valence-corrected chi connectivity index (χ4v) is 3.60. The molecule has 0 radical (unpaired) electrons. The van der Waals surface area contributed by atoms with Crippen LogP contribution in [-0.4, -0.2) is 27.9 Å². The molecule has 0 aromatic carbocycles. The monoisotopic (exact) mass is 284 g/mol. The van der Waals surface area contributed by atoms with Crippen molar-refractivity contribution in [2.24, 2.45) is 0 Å². The van der Waals surface area contributed by atoms with Crippen molar-refractivity contribution in [2.75, 3.05) is 12.3 Å². The first-order chi connectivity index (χ1) is 8.48. The highest BCUT2D eigenvalue weighted by Gasteiger charge is 2.29. The lowest BCUT2D eigenvalue weighted by Crippen LogP contribution is -2.36. The topological polar surface area (TPSA) is 42.0 Å². The Morgan fingerprint density at radius 3 is 3.00 bits per heavy atom. The minimum Gasteiger partial charge on any atom is -0.351 e. The van der Waals surface area contributed by atoms with Crippen molar-refractivity contribution in [3.63, 3.8) is 0 Å². The molecule has 5 heteroatoms. The van der Waals surface area contributed by atoms with E-state index in [-0.39, 0.29) is 10.7 Å². The van der Waals surface area contributed by atoms with Gasteiger partial charge < -0.3 is 5.32 Å². The van der Waals surface area contributed by atoms with E-state index in [0.717, 1.165) is 12.1 Å². The SMILES string of the molecule is Cc1cc(C(=O)NCC2(C)CCCS2)cc(Cl)n1. The van der Waals surface area contributed by atoms with Crippen molar-refractivity contribution in [2.45, 2.75) is 31.4 Å². The maximum absolute atomic E-state index is 12.0. The number of thioether (sulfide) groups is 1. The summed E-state index contributed by atoms with van der Waals surface area (Å²) >= 11 is 7.79. The molecule has 98 valence electrons. The molecule has 2 heterocycles. The van der Waals surface area contributed by atoms with Gasteiger partial charge in [0.15, 0.2) is 0 Å². The Morgan fingerprint density at radius 2 is 2.39 bits per heavy atom. The predicted octanol–water partition coefficient (Wildman–Crippen LogP) is 3.06. The van der Waals surface area contributed by atoms with Crippen LogP contribution in [0.15, 0.2) is 12.1 Å². The Hall–Kier alpha value is -0.740. The Labute approximate surface area is 117 Å². The zero-order valence-corrected chi connectivity index (χ0v) is 12.2. The largest absolute Gasteiger partial charge is 0.351 e. The molecule has 1 aromatic heterocycles. The van der Waals surface area contributed by atoms with Crippen LogP contribution in [0.3, 0.4) is 0 Å². The van der Waals surface area contributed by atoms with Crippen molar-refractivity contribution >= 4 is 29.3 Å². The van der Waals surface area contributed by atoms with Gasteiger partial charge in [0.2, 0.25) is 0 Å². The highest BCUT2D eigenvalue weighted by atomic mass is 35.5. The lowest BCUT2D eigenvalue weighted by atomic mass is 10.1. The minimum atomic E-state index is -0.0730. The van der Waals surface area contributed by atoms with Crippen LogP contribution in [0.4, 0.5) is 0 Å². The molecule has 1 unspecified atom stereocenters. The summed E-state index contributed by atoms with van der Waals surface area (Å²) in [5, 5.41) is 3.35. The first-order valence-electron chi connectivity index (χ1n) is 6.05. The van der Waals surface area contributed by atoms with Gasteiger partial charge in [0.25, 0.3) is 5.91 Å². The zero-order chi connectivity index (χ0) is 13.2. The van der Waals surface area contributed by atoms with E-state index in [0.29, 0.717) is 17.3 Å². The third-order valence-corrected chi connectivity index (χ3v) is 4.84. The van der Waals surface area contributed by atoms with Crippen LogP contribution in [0, 0.1) is 6.92 Å². The van der Waals surface area contributed by atoms with E-state index in [2.05, 4.69) is 17.2 Å². The molecule has 1 aliphatic heterocycles. The number of aryl methyl sites for hydroxylation is 1. The van der Waals surface area contributed by atoms with E-state index in [1.807, 2.05) is 18.7 Å². The molecule has 3 nitrogen and oxygen atoms in total. The number of carbonyl (C=O) groups is 1. The number of hydrogen-bond acceptors (Lipinski definition) is 3. The van der Waals surface area contributed by atoms with E-state index in [9.17, 15) is 4.79 Å². The lowest BCUT2D eigenvalue weighted by molar-refractivity contribution is 0.0949. The molecule has 0 spiro atoms. The highest BCUT2D eigenvalue weighted by molar-refractivity contribution is 8.00. The molecule has 1 saturated heterocycles. The fourth-order valence-electron chi connectivity index (χ4n) is 2.10. The van der Waals surface area contributed by atoms with Crippen LogP contribution in [0.25, 0.3) is 0 Å². The average molecular weight is 285 g/mol. The quantitative estimate of drug-likeness (QED) is 0.868. The molecule has 2 rings (SSSR count). The van der Waals surface area contributed by atoms with Gasteiger partial charge in [-0.3, -0.25) is 4.79 Å². The Bertz CT molecular complexity index is 438. The summed E-state index contributed by atoms with van der Waals surface area (Å²) in [6, 6.07) is 3.36. The Morgan fingerprint density at radius 1 is 1.61 bits per heavy atom. The zero-order valence-electron chi connectivity index (χ0n) is 10.6. The summed E-state index contributed by atoms with van der Waals surface area (Å²) in [7, 11) is 0. The first-order valence-corrected chi connectivity index (χ1v) is 7.41. The molecular weight excluding hydrogens is 268 g/mol. The van der Waals surface area contributed by atoms with Crippen molar-refractivity contribution in [1.82, 2.24) is 10.3 Å². The smallest absolute Gasteiger partial charge is 0.251 e. The number of nitrogens with one attached hydrogen (secondary N) is 1. The number of carbonyl (C=O) groups excluding carboxylic acids is 1. The molecule has 0 bridgehead atoms. The van der Waals surface area contributed by atoms with Crippen molar-refractivity contribution in [1.29, 1.82) is 0 Å². The van der Waals surface area contributed by atoms with Crippen molar-refractivity contribution in [3.05, 3.63) is 28.5 Å². The summed E-state index contributed by atoms with van der Waals surface area (Å²) in [4.78, 5) is 16.1. The van der Waals surface area contributed by atoms with Crippen LogP contribution >= 0.6 is 23.4 Å². The van der Waals surface area contributed by atoms with Crippen molar-refractivity contribution < 1.29 is 4.79 Å². The van der Waals surface area contributed by atoms with E-state index in [4.69, 9.17) is 11.6 Å². The molecule has 0 aliphatic carbocycles. The summed E-state index contributed by atoms with van der Waals surface area (Å²) in [6.07, 6.45) is 2.39. The second kappa shape index (κ2) is 5.49. The van der Waals surface area contributed by atoms with Crippen LogP contribution in [0.2, 0.25) is 5.15 Å². The van der Waals surface area contributed by atoms with Gasteiger partial charge in [0.05, 0.1) is 0 Å². The Balaban J connectivity index is 1.99. The van der Waals surface area contributed by atoms with Gasteiger partial charge in [0, 0.05) is 22.5 Å². The summed E-state index contributed by atoms with van der Waals surface area (Å²) in [5.41, 5.74) is 1.34. The molecule has 1 fully saturated rings. The third-order valence-electron chi connectivity index (χ3n) is 3.11. The standard InChI is InChI=1S/C13H17ClN2OS/c1-9-6-10(7-11(14)16-9)12(17)15-8-13(2)4-3-5-18-13/h6-7H,3-5,8H2,1-2H3,(H,15,17).